The molecule has 0 aromatic heterocycles. The lowest BCUT2D eigenvalue weighted by molar-refractivity contribution is -0.152. The Morgan fingerprint density at radius 2 is 0.733 bits per heavy atom. The van der Waals surface area contributed by atoms with Crippen molar-refractivity contribution in [3.63, 3.8) is 0 Å². The molecule has 7 nitrogen and oxygen atoms in total. The van der Waals surface area contributed by atoms with E-state index in [9.17, 15) is 9.59 Å². The smallest absolute Gasteiger partial charge is 0.305 e. The summed E-state index contributed by atoms with van der Waals surface area (Å²) in [7, 11) is 0. The van der Waals surface area contributed by atoms with Crippen LogP contribution in [0, 0.1) is 0 Å². The number of unbranched alkanes of at least 4 members (excludes halogenated alkanes) is 15. The van der Waals surface area contributed by atoms with E-state index in [1.54, 1.807) is 0 Å². The maximum Gasteiger partial charge on any atom is 0.305 e. The summed E-state index contributed by atoms with van der Waals surface area (Å²) in [6, 6.07) is 0. The molecule has 0 spiro atoms. The molecule has 6 unspecified atom stereocenters. The molecule has 45 heavy (non-hydrogen) atoms. The number of hydrogen-bond donors (Lipinski definition) is 0. The molecule has 0 amide bonds. The van der Waals surface area contributed by atoms with E-state index >= 15 is 0 Å². The van der Waals surface area contributed by atoms with Gasteiger partial charge in [-0.25, -0.2) is 0 Å². The molecule has 0 N–H and O–H groups in total. The fourth-order valence-corrected chi connectivity index (χ4v) is 6.66. The minimum atomic E-state index is -0.194. The van der Waals surface area contributed by atoms with Crippen molar-refractivity contribution in [1.82, 2.24) is 0 Å². The molecule has 3 rings (SSSR count). The Hall–Kier alpha value is -1.18. The van der Waals surface area contributed by atoms with Gasteiger partial charge in [0, 0.05) is 19.3 Å². The second kappa shape index (κ2) is 24.0. The first-order valence-electron chi connectivity index (χ1n) is 19.4. The van der Waals surface area contributed by atoms with Crippen molar-refractivity contribution in [3.05, 3.63) is 0 Å². The van der Waals surface area contributed by atoms with Crippen LogP contribution in [0.2, 0.25) is 0 Å². The number of carbonyl (C=O) groups is 2. The van der Waals surface area contributed by atoms with Gasteiger partial charge in [0.25, 0.3) is 0 Å². The molecule has 0 aliphatic carbocycles. The topological polar surface area (TPSA) is 90.2 Å². The average Bonchev–Trinajstić information content (AvgIpc) is 3.97. The first kappa shape index (κ1) is 38.3. The maximum atomic E-state index is 12.0. The van der Waals surface area contributed by atoms with Gasteiger partial charge in [0.1, 0.15) is 13.2 Å². The van der Waals surface area contributed by atoms with Crippen molar-refractivity contribution < 1.29 is 33.3 Å². The highest BCUT2D eigenvalue weighted by molar-refractivity contribution is 5.70. The highest BCUT2D eigenvalue weighted by Crippen LogP contribution is 2.39. The van der Waals surface area contributed by atoms with Crippen LogP contribution in [0.25, 0.3) is 0 Å². The lowest BCUT2D eigenvalue weighted by atomic mass is 10.0. The van der Waals surface area contributed by atoms with Crippen LogP contribution >= 0.6 is 0 Å². The van der Waals surface area contributed by atoms with Crippen LogP contribution in [0.15, 0.2) is 0 Å². The number of ether oxygens (including phenoxy) is 5. The third kappa shape index (κ3) is 19.3. The molecule has 0 radical (unpaired) electrons. The third-order valence-corrected chi connectivity index (χ3v) is 9.81. The van der Waals surface area contributed by atoms with E-state index in [1.807, 2.05) is 0 Å². The van der Waals surface area contributed by atoms with Gasteiger partial charge in [-0.15, -0.1) is 0 Å². The van der Waals surface area contributed by atoms with Gasteiger partial charge in [0.15, 0.2) is 0 Å². The minimum Gasteiger partial charge on any atom is -0.462 e. The maximum absolute atomic E-state index is 12.0. The van der Waals surface area contributed by atoms with Crippen LogP contribution in [0.5, 0.6) is 0 Å². The van der Waals surface area contributed by atoms with Crippen molar-refractivity contribution in [1.29, 1.82) is 0 Å². The van der Waals surface area contributed by atoms with Gasteiger partial charge < -0.3 is 23.7 Å². The van der Waals surface area contributed by atoms with Crippen LogP contribution in [-0.4, -0.2) is 61.8 Å². The molecule has 0 aromatic carbocycles. The van der Waals surface area contributed by atoms with Crippen LogP contribution in [0.1, 0.15) is 181 Å². The normalized spacial score (nSPS) is 24.8. The predicted octanol–water partition coefficient (Wildman–Crippen LogP) is 9.56. The van der Waals surface area contributed by atoms with E-state index < -0.39 is 0 Å². The molecule has 3 saturated heterocycles. The lowest BCUT2D eigenvalue weighted by Crippen LogP contribution is -2.13. The van der Waals surface area contributed by atoms with E-state index in [-0.39, 0.29) is 25.2 Å². The third-order valence-electron chi connectivity index (χ3n) is 9.81. The standard InChI is InChI=1S/C38H68O7/c1-3-5-7-8-11-17-23-31-32(43-31)24-18-12-9-14-20-26-37(39)41-28-29-42-38(40)27-21-15-10-13-19-25-34-36(45-34)30-35-33(44-35)22-16-6-4-2/h31-36H,3-30H2,1-2H3. The Morgan fingerprint density at radius 3 is 1.18 bits per heavy atom. The van der Waals surface area contributed by atoms with Gasteiger partial charge >= 0.3 is 11.9 Å². The van der Waals surface area contributed by atoms with Gasteiger partial charge in [0.2, 0.25) is 0 Å². The highest BCUT2D eigenvalue weighted by atomic mass is 16.6. The summed E-state index contributed by atoms with van der Waals surface area (Å²) in [6.07, 6.45) is 32.5. The molecule has 3 fully saturated rings. The fraction of sp³-hybridized carbons (Fsp3) is 0.947. The Morgan fingerprint density at radius 1 is 0.422 bits per heavy atom. The SMILES string of the molecule is CCCCCCCCC1OC1CCCCCCCC(=O)OCCOC(=O)CCCCCCCC1OC1CC1OC1CCCCC. The van der Waals surface area contributed by atoms with Gasteiger partial charge in [-0.1, -0.05) is 123 Å². The van der Waals surface area contributed by atoms with Gasteiger partial charge in [-0.3, -0.25) is 9.59 Å². The Labute approximate surface area is 275 Å². The largest absolute Gasteiger partial charge is 0.462 e. The molecule has 0 saturated carbocycles. The molecule has 3 aliphatic rings. The predicted molar refractivity (Wildman–Crippen MR) is 179 cm³/mol. The van der Waals surface area contributed by atoms with Crippen molar-refractivity contribution in [2.24, 2.45) is 0 Å². The summed E-state index contributed by atoms with van der Waals surface area (Å²) in [5, 5.41) is 0. The summed E-state index contributed by atoms with van der Waals surface area (Å²) in [5.74, 6) is -0.383. The van der Waals surface area contributed by atoms with Crippen molar-refractivity contribution in [3.8, 4) is 0 Å². The van der Waals surface area contributed by atoms with Crippen molar-refractivity contribution in [2.45, 2.75) is 217 Å². The number of esters is 2. The molecular formula is C38H68O7. The lowest BCUT2D eigenvalue weighted by Gasteiger charge is -2.07. The second-order valence-electron chi connectivity index (χ2n) is 14.0. The average molecular weight is 637 g/mol. The van der Waals surface area contributed by atoms with Crippen LogP contribution in [-0.2, 0) is 33.3 Å². The minimum absolute atomic E-state index is 0.154. The van der Waals surface area contributed by atoms with Gasteiger partial charge in [-0.2, -0.15) is 0 Å². The Balaban J connectivity index is 0.979. The monoisotopic (exact) mass is 636 g/mol. The number of carbonyl (C=O) groups excluding carboxylic acids is 2. The van der Waals surface area contributed by atoms with Crippen LogP contribution in [0.4, 0.5) is 0 Å². The Bertz CT molecular complexity index is 773. The zero-order valence-corrected chi connectivity index (χ0v) is 29.1. The first-order valence-corrected chi connectivity index (χ1v) is 19.4. The number of epoxide rings is 3. The number of hydrogen-bond acceptors (Lipinski definition) is 7. The van der Waals surface area contributed by atoms with E-state index in [0.717, 1.165) is 51.4 Å². The number of rotatable bonds is 32. The second-order valence-corrected chi connectivity index (χ2v) is 14.0. The zero-order valence-electron chi connectivity index (χ0n) is 29.1. The summed E-state index contributed by atoms with van der Waals surface area (Å²) in [4.78, 5) is 23.9. The highest BCUT2D eigenvalue weighted by Gasteiger charge is 2.47. The quantitative estimate of drug-likeness (QED) is 0.0413. The molecular weight excluding hydrogens is 568 g/mol. The Kier molecular flexibility index (Phi) is 20.4. The summed E-state index contributed by atoms with van der Waals surface area (Å²) >= 11 is 0. The molecule has 7 heteroatoms. The van der Waals surface area contributed by atoms with E-state index in [1.165, 1.54) is 103 Å². The molecule has 0 bridgehead atoms. The summed E-state index contributed by atoms with van der Waals surface area (Å²) in [5.41, 5.74) is 0. The van der Waals surface area contributed by atoms with Crippen LogP contribution < -0.4 is 0 Å². The molecule has 0 aromatic rings. The van der Waals surface area contributed by atoms with Crippen molar-refractivity contribution >= 4 is 11.9 Å². The molecule has 3 heterocycles. The van der Waals surface area contributed by atoms with E-state index in [4.69, 9.17) is 23.7 Å². The first-order chi connectivity index (χ1) is 22.1. The molecule has 262 valence electrons. The molecule has 6 atom stereocenters. The molecule has 3 aliphatic heterocycles. The summed E-state index contributed by atoms with van der Waals surface area (Å²) < 4.78 is 28.0. The zero-order chi connectivity index (χ0) is 32.0. The van der Waals surface area contributed by atoms with Crippen LogP contribution in [0.3, 0.4) is 0 Å². The van der Waals surface area contributed by atoms with Gasteiger partial charge in [0.05, 0.1) is 36.6 Å². The van der Waals surface area contributed by atoms with Crippen molar-refractivity contribution in [2.75, 3.05) is 13.2 Å². The van der Waals surface area contributed by atoms with Gasteiger partial charge in [-0.05, 0) is 38.5 Å². The van der Waals surface area contributed by atoms with E-state index in [2.05, 4.69) is 13.8 Å². The summed E-state index contributed by atoms with van der Waals surface area (Å²) in [6.45, 7) is 4.81. The van der Waals surface area contributed by atoms with E-state index in [0.29, 0.717) is 49.5 Å². The fourth-order valence-electron chi connectivity index (χ4n) is 6.66.